The minimum atomic E-state index is -1.23. The molecule has 7 heteroatoms. The van der Waals surface area contributed by atoms with E-state index in [0.29, 0.717) is 23.1 Å². The van der Waals surface area contributed by atoms with Gasteiger partial charge in [0.05, 0.1) is 5.39 Å². The van der Waals surface area contributed by atoms with Crippen molar-refractivity contribution in [2.45, 2.75) is 46.1 Å². The Kier molecular flexibility index (Phi) is 6.38. The Labute approximate surface area is 151 Å². The van der Waals surface area contributed by atoms with Crippen molar-refractivity contribution in [3.05, 3.63) is 39.7 Å². The monoisotopic (exact) mass is 360 g/mol. The standard InChI is InChI=1S/C19H23NO6/c1-4-5-13-10-17(23)26-15-9-11(2)8-14(18(13)15)25-12(3)19(24)20-7-6-16(21)22/h8-10,12H,4-7H2,1-3H3,(H,20,24)(H,21,22)/p-1/t12-/m1/s1. The molecule has 1 amide bonds. The Morgan fingerprint density at radius 1 is 1.31 bits per heavy atom. The first-order valence-electron chi connectivity index (χ1n) is 8.53. The van der Waals surface area contributed by atoms with Crippen molar-refractivity contribution in [3.8, 4) is 5.75 Å². The number of fused-ring (bicyclic) bond motifs is 1. The molecular formula is C19H22NO6-. The Morgan fingerprint density at radius 3 is 2.69 bits per heavy atom. The molecule has 1 N–H and O–H groups in total. The van der Waals surface area contributed by atoms with Crippen molar-refractivity contribution in [2.75, 3.05) is 6.54 Å². The molecule has 0 radical (unpaired) electrons. The van der Waals surface area contributed by atoms with Crippen molar-refractivity contribution in [1.29, 1.82) is 0 Å². The number of carboxylic acid groups (broad SMARTS) is 1. The number of hydrogen-bond donors (Lipinski definition) is 1. The topological polar surface area (TPSA) is 109 Å². The Bertz CT molecular complexity index is 870. The normalized spacial score (nSPS) is 12.0. The summed E-state index contributed by atoms with van der Waals surface area (Å²) in [6.45, 7) is 5.38. The van der Waals surface area contributed by atoms with Crippen LogP contribution < -0.4 is 20.8 Å². The lowest BCUT2D eigenvalue weighted by molar-refractivity contribution is -0.305. The van der Waals surface area contributed by atoms with Gasteiger partial charge in [-0.05, 0) is 43.5 Å². The highest BCUT2D eigenvalue weighted by atomic mass is 16.5. The summed E-state index contributed by atoms with van der Waals surface area (Å²) in [6.07, 6.45) is 0.402. The van der Waals surface area contributed by atoms with Gasteiger partial charge in [-0.15, -0.1) is 0 Å². The summed E-state index contributed by atoms with van der Waals surface area (Å²) < 4.78 is 11.1. The van der Waals surface area contributed by atoms with E-state index in [-0.39, 0.29) is 13.0 Å². The Morgan fingerprint density at radius 2 is 2.04 bits per heavy atom. The van der Waals surface area contributed by atoms with Crippen LogP contribution in [0.25, 0.3) is 11.0 Å². The average molecular weight is 360 g/mol. The van der Waals surface area contributed by atoms with Gasteiger partial charge in [0.15, 0.2) is 6.10 Å². The molecule has 1 aromatic heterocycles. The Hall–Kier alpha value is -2.83. The zero-order valence-electron chi connectivity index (χ0n) is 15.1. The van der Waals surface area contributed by atoms with E-state index in [9.17, 15) is 19.5 Å². The largest absolute Gasteiger partial charge is 0.550 e. The maximum absolute atomic E-state index is 12.1. The molecule has 0 aliphatic rings. The van der Waals surface area contributed by atoms with E-state index in [1.54, 1.807) is 19.1 Å². The lowest BCUT2D eigenvalue weighted by Gasteiger charge is -2.18. The quantitative estimate of drug-likeness (QED) is 0.706. The van der Waals surface area contributed by atoms with Crippen LogP contribution in [0.3, 0.4) is 0 Å². The highest BCUT2D eigenvalue weighted by Crippen LogP contribution is 2.31. The fourth-order valence-electron chi connectivity index (χ4n) is 2.71. The lowest BCUT2D eigenvalue weighted by atomic mass is 10.0. The van der Waals surface area contributed by atoms with Crippen molar-refractivity contribution in [3.63, 3.8) is 0 Å². The van der Waals surface area contributed by atoms with Gasteiger partial charge < -0.3 is 24.4 Å². The molecule has 1 aromatic carbocycles. The molecular weight excluding hydrogens is 338 g/mol. The number of benzene rings is 1. The second-order valence-electron chi connectivity index (χ2n) is 6.15. The van der Waals surface area contributed by atoms with E-state index in [2.05, 4.69) is 5.32 Å². The van der Waals surface area contributed by atoms with Crippen LogP contribution in [0.2, 0.25) is 0 Å². The number of carbonyl (C=O) groups is 2. The number of amides is 1. The third kappa shape index (κ3) is 4.84. The average Bonchev–Trinajstić information content (AvgIpc) is 2.53. The van der Waals surface area contributed by atoms with Crippen LogP contribution >= 0.6 is 0 Å². The third-order valence-electron chi connectivity index (χ3n) is 3.85. The number of aliphatic carboxylic acids is 1. The fourth-order valence-corrected chi connectivity index (χ4v) is 2.71. The zero-order chi connectivity index (χ0) is 19.3. The number of aryl methyl sites for hydroxylation is 2. The molecule has 1 atom stereocenters. The molecule has 0 saturated carbocycles. The fraction of sp³-hybridized carbons (Fsp3) is 0.421. The molecule has 1 heterocycles. The molecule has 7 nitrogen and oxygen atoms in total. The molecule has 26 heavy (non-hydrogen) atoms. The number of rotatable bonds is 8. The summed E-state index contributed by atoms with van der Waals surface area (Å²) in [6, 6.07) is 4.98. The highest BCUT2D eigenvalue weighted by molar-refractivity contribution is 5.88. The van der Waals surface area contributed by atoms with Crippen molar-refractivity contribution in [1.82, 2.24) is 5.32 Å². The number of nitrogens with one attached hydrogen (secondary N) is 1. The maximum Gasteiger partial charge on any atom is 0.336 e. The van der Waals surface area contributed by atoms with E-state index in [0.717, 1.165) is 17.5 Å². The number of carboxylic acids is 1. The molecule has 0 aliphatic heterocycles. The second kappa shape index (κ2) is 8.51. The molecule has 0 aliphatic carbocycles. The van der Waals surface area contributed by atoms with Gasteiger partial charge in [-0.2, -0.15) is 0 Å². The van der Waals surface area contributed by atoms with Crippen LogP contribution in [0.4, 0.5) is 0 Å². The first-order chi connectivity index (χ1) is 12.3. The van der Waals surface area contributed by atoms with E-state index in [1.807, 2.05) is 13.8 Å². The maximum atomic E-state index is 12.1. The summed E-state index contributed by atoms with van der Waals surface area (Å²) in [4.78, 5) is 34.3. The number of carbonyl (C=O) groups excluding carboxylic acids is 2. The molecule has 0 fully saturated rings. The summed E-state index contributed by atoms with van der Waals surface area (Å²) in [5.74, 6) is -1.21. The number of hydrogen-bond acceptors (Lipinski definition) is 6. The van der Waals surface area contributed by atoms with Gasteiger partial charge in [-0.25, -0.2) is 4.79 Å². The van der Waals surface area contributed by atoms with Crippen LogP contribution in [0.5, 0.6) is 5.75 Å². The van der Waals surface area contributed by atoms with Crippen molar-refractivity contribution in [2.24, 2.45) is 0 Å². The van der Waals surface area contributed by atoms with Gasteiger partial charge >= 0.3 is 5.63 Å². The van der Waals surface area contributed by atoms with Crippen LogP contribution in [-0.4, -0.2) is 24.5 Å². The summed E-state index contributed by atoms with van der Waals surface area (Å²) in [5.41, 5.74) is 1.62. The van der Waals surface area contributed by atoms with E-state index in [4.69, 9.17) is 9.15 Å². The summed E-state index contributed by atoms with van der Waals surface area (Å²) in [5, 5.41) is 13.6. The van der Waals surface area contributed by atoms with Gasteiger partial charge in [-0.1, -0.05) is 13.3 Å². The lowest BCUT2D eigenvalue weighted by Crippen LogP contribution is -2.38. The zero-order valence-corrected chi connectivity index (χ0v) is 15.1. The SMILES string of the molecule is CCCc1cc(=O)oc2cc(C)cc(O[C@H](C)C(=O)NCCC(=O)[O-])c12. The van der Waals surface area contributed by atoms with Gasteiger partial charge in [0.25, 0.3) is 5.91 Å². The van der Waals surface area contributed by atoms with Gasteiger partial charge in [0.2, 0.25) is 0 Å². The first kappa shape index (κ1) is 19.5. The van der Waals surface area contributed by atoms with Crippen LogP contribution in [0.1, 0.15) is 37.8 Å². The van der Waals surface area contributed by atoms with Gasteiger partial charge in [0, 0.05) is 25.0 Å². The molecule has 0 saturated heterocycles. The van der Waals surface area contributed by atoms with Crippen LogP contribution in [-0.2, 0) is 16.0 Å². The molecule has 0 bridgehead atoms. The second-order valence-corrected chi connectivity index (χ2v) is 6.15. The van der Waals surface area contributed by atoms with Crippen molar-refractivity contribution >= 4 is 22.8 Å². The van der Waals surface area contributed by atoms with Gasteiger partial charge in [-0.3, -0.25) is 4.79 Å². The molecule has 140 valence electrons. The molecule has 2 aromatic rings. The van der Waals surface area contributed by atoms with Crippen LogP contribution in [0, 0.1) is 6.92 Å². The van der Waals surface area contributed by atoms with Gasteiger partial charge in [0.1, 0.15) is 11.3 Å². The molecule has 2 rings (SSSR count). The summed E-state index contributed by atoms with van der Waals surface area (Å²) in [7, 11) is 0. The molecule has 0 unspecified atom stereocenters. The third-order valence-corrected chi connectivity index (χ3v) is 3.85. The first-order valence-corrected chi connectivity index (χ1v) is 8.53. The minimum Gasteiger partial charge on any atom is -0.550 e. The van der Waals surface area contributed by atoms with Crippen molar-refractivity contribution < 1.29 is 23.8 Å². The van der Waals surface area contributed by atoms with E-state index in [1.165, 1.54) is 6.07 Å². The summed E-state index contributed by atoms with van der Waals surface area (Å²) >= 11 is 0. The molecule has 0 spiro atoms. The highest BCUT2D eigenvalue weighted by Gasteiger charge is 2.18. The predicted octanol–water partition coefficient (Wildman–Crippen LogP) is 1.08. The number of ether oxygens (including phenoxy) is 1. The van der Waals surface area contributed by atoms with E-state index < -0.39 is 23.6 Å². The minimum absolute atomic E-state index is 0.0284. The van der Waals surface area contributed by atoms with Crippen LogP contribution in [0.15, 0.2) is 27.4 Å². The predicted molar refractivity (Wildman–Crippen MR) is 93.9 cm³/mol. The Balaban J connectivity index is 2.32. The van der Waals surface area contributed by atoms with E-state index >= 15 is 0 Å². The smallest absolute Gasteiger partial charge is 0.336 e.